The fourth-order valence-corrected chi connectivity index (χ4v) is 2.10. The molecule has 0 rings (SSSR count). The molecular formula is C15H33NO. The van der Waals surface area contributed by atoms with Gasteiger partial charge in [-0.25, -0.2) is 0 Å². The Labute approximate surface area is 109 Å². The molecule has 2 nitrogen and oxygen atoms in total. The van der Waals surface area contributed by atoms with E-state index in [1.807, 2.05) is 0 Å². The van der Waals surface area contributed by atoms with Crippen LogP contribution in [0.2, 0.25) is 0 Å². The number of unbranched alkanes of at least 4 members (excludes halogenated alkanes) is 1. The van der Waals surface area contributed by atoms with Gasteiger partial charge in [0, 0.05) is 25.8 Å². The molecule has 0 amide bonds. The van der Waals surface area contributed by atoms with Gasteiger partial charge < -0.3 is 10.1 Å². The molecule has 1 atom stereocenters. The third-order valence-corrected chi connectivity index (χ3v) is 3.64. The van der Waals surface area contributed by atoms with E-state index in [0.29, 0.717) is 5.41 Å². The molecule has 2 heteroatoms. The van der Waals surface area contributed by atoms with Crippen molar-refractivity contribution >= 4 is 0 Å². The van der Waals surface area contributed by atoms with E-state index in [2.05, 4.69) is 39.9 Å². The van der Waals surface area contributed by atoms with Crippen molar-refractivity contribution in [3.8, 4) is 0 Å². The molecule has 0 spiro atoms. The summed E-state index contributed by atoms with van der Waals surface area (Å²) in [5.74, 6) is 0. The van der Waals surface area contributed by atoms with Gasteiger partial charge in [-0.15, -0.1) is 0 Å². The minimum Gasteiger partial charge on any atom is -0.385 e. The minimum atomic E-state index is 0.208. The second-order valence-corrected chi connectivity index (χ2v) is 6.30. The number of methoxy groups -OCH3 is 1. The Balaban J connectivity index is 4.43. The van der Waals surface area contributed by atoms with E-state index in [1.54, 1.807) is 7.11 Å². The minimum absolute atomic E-state index is 0.208. The Morgan fingerprint density at radius 2 is 1.71 bits per heavy atom. The predicted octanol–water partition coefficient (Wildman–Crippen LogP) is 4.00. The summed E-state index contributed by atoms with van der Waals surface area (Å²) in [6.07, 6.45) is 6.32. The molecule has 0 saturated heterocycles. The molecule has 0 saturated carbocycles. The van der Waals surface area contributed by atoms with Crippen LogP contribution in [0.1, 0.15) is 66.7 Å². The third-order valence-electron chi connectivity index (χ3n) is 3.64. The van der Waals surface area contributed by atoms with E-state index in [-0.39, 0.29) is 5.54 Å². The summed E-state index contributed by atoms with van der Waals surface area (Å²) < 4.78 is 5.28. The summed E-state index contributed by atoms with van der Waals surface area (Å²) in [4.78, 5) is 0. The largest absolute Gasteiger partial charge is 0.385 e. The SMILES string of the molecule is CCCCC(CC)(CCOC)CNC(C)(C)C. The summed E-state index contributed by atoms with van der Waals surface area (Å²) >= 11 is 0. The third kappa shape index (κ3) is 7.77. The van der Waals surface area contributed by atoms with Crippen molar-refractivity contribution in [3.63, 3.8) is 0 Å². The van der Waals surface area contributed by atoms with E-state index >= 15 is 0 Å². The first kappa shape index (κ1) is 16.9. The topological polar surface area (TPSA) is 21.3 Å². The van der Waals surface area contributed by atoms with Crippen LogP contribution in [0.4, 0.5) is 0 Å². The van der Waals surface area contributed by atoms with Crippen molar-refractivity contribution in [1.82, 2.24) is 5.32 Å². The molecule has 0 aromatic heterocycles. The molecule has 1 unspecified atom stereocenters. The first-order valence-electron chi connectivity index (χ1n) is 7.13. The van der Waals surface area contributed by atoms with Crippen molar-refractivity contribution in [3.05, 3.63) is 0 Å². The van der Waals surface area contributed by atoms with Crippen LogP contribution >= 0.6 is 0 Å². The number of ether oxygens (including phenoxy) is 1. The van der Waals surface area contributed by atoms with Crippen LogP contribution in [0.15, 0.2) is 0 Å². The first-order chi connectivity index (χ1) is 7.89. The lowest BCUT2D eigenvalue weighted by Gasteiger charge is -2.36. The Morgan fingerprint density at radius 3 is 2.12 bits per heavy atom. The summed E-state index contributed by atoms with van der Waals surface area (Å²) in [5.41, 5.74) is 0.624. The van der Waals surface area contributed by atoms with Crippen LogP contribution in [0.3, 0.4) is 0 Å². The average molecular weight is 243 g/mol. The highest BCUT2D eigenvalue weighted by atomic mass is 16.5. The van der Waals surface area contributed by atoms with Gasteiger partial charge in [0.1, 0.15) is 0 Å². The lowest BCUT2D eigenvalue weighted by atomic mass is 9.77. The highest BCUT2D eigenvalue weighted by molar-refractivity contribution is 4.84. The van der Waals surface area contributed by atoms with Gasteiger partial charge in [0.05, 0.1) is 0 Å². The number of rotatable bonds is 9. The zero-order valence-electron chi connectivity index (χ0n) is 12.9. The van der Waals surface area contributed by atoms with Crippen LogP contribution < -0.4 is 5.32 Å². The molecule has 17 heavy (non-hydrogen) atoms. The van der Waals surface area contributed by atoms with Crippen molar-refractivity contribution < 1.29 is 4.74 Å². The van der Waals surface area contributed by atoms with Gasteiger partial charge in [0.25, 0.3) is 0 Å². The van der Waals surface area contributed by atoms with Gasteiger partial charge in [-0.1, -0.05) is 26.7 Å². The molecule has 0 bridgehead atoms. The first-order valence-corrected chi connectivity index (χ1v) is 7.13. The lowest BCUT2D eigenvalue weighted by Crippen LogP contribution is -2.44. The van der Waals surface area contributed by atoms with E-state index in [4.69, 9.17) is 4.74 Å². The Bertz CT molecular complexity index is 176. The second kappa shape index (κ2) is 8.10. The van der Waals surface area contributed by atoms with Gasteiger partial charge in [-0.2, -0.15) is 0 Å². The molecule has 0 fully saturated rings. The monoisotopic (exact) mass is 243 g/mol. The van der Waals surface area contributed by atoms with Gasteiger partial charge in [-0.3, -0.25) is 0 Å². The highest BCUT2D eigenvalue weighted by Crippen LogP contribution is 2.32. The average Bonchev–Trinajstić information content (AvgIpc) is 2.28. The van der Waals surface area contributed by atoms with Crippen LogP contribution in [0.25, 0.3) is 0 Å². The van der Waals surface area contributed by atoms with Gasteiger partial charge >= 0.3 is 0 Å². The van der Waals surface area contributed by atoms with E-state index < -0.39 is 0 Å². The second-order valence-electron chi connectivity index (χ2n) is 6.30. The molecule has 1 N–H and O–H groups in total. The smallest absolute Gasteiger partial charge is 0.0468 e. The van der Waals surface area contributed by atoms with Crippen LogP contribution in [0.5, 0.6) is 0 Å². The maximum Gasteiger partial charge on any atom is 0.0468 e. The van der Waals surface area contributed by atoms with Gasteiger partial charge in [0.2, 0.25) is 0 Å². The van der Waals surface area contributed by atoms with E-state index in [1.165, 1.54) is 32.1 Å². The van der Waals surface area contributed by atoms with Crippen LogP contribution in [0, 0.1) is 5.41 Å². The maximum atomic E-state index is 5.28. The maximum absolute atomic E-state index is 5.28. The molecule has 104 valence electrons. The predicted molar refractivity (Wildman–Crippen MR) is 76.5 cm³/mol. The molecule has 0 radical (unpaired) electrons. The molecular weight excluding hydrogens is 210 g/mol. The van der Waals surface area contributed by atoms with Crippen molar-refractivity contribution in [2.24, 2.45) is 5.41 Å². The molecule has 0 aliphatic carbocycles. The summed E-state index contributed by atoms with van der Waals surface area (Å²) in [7, 11) is 1.80. The Hall–Kier alpha value is -0.0800. The number of hydrogen-bond acceptors (Lipinski definition) is 2. The lowest BCUT2D eigenvalue weighted by molar-refractivity contribution is 0.114. The Kier molecular flexibility index (Phi) is 8.06. The molecule has 0 aromatic rings. The van der Waals surface area contributed by atoms with Crippen molar-refractivity contribution in [2.45, 2.75) is 72.3 Å². The van der Waals surface area contributed by atoms with Crippen molar-refractivity contribution in [1.29, 1.82) is 0 Å². The van der Waals surface area contributed by atoms with Gasteiger partial charge in [0.15, 0.2) is 0 Å². The van der Waals surface area contributed by atoms with Crippen molar-refractivity contribution in [2.75, 3.05) is 20.3 Å². The fraction of sp³-hybridized carbons (Fsp3) is 1.00. The molecule has 0 heterocycles. The summed E-state index contributed by atoms with van der Waals surface area (Å²) in [5, 5.41) is 3.68. The normalized spacial score (nSPS) is 15.9. The van der Waals surface area contributed by atoms with E-state index in [9.17, 15) is 0 Å². The van der Waals surface area contributed by atoms with Crippen LogP contribution in [-0.4, -0.2) is 25.8 Å². The number of hydrogen-bond donors (Lipinski definition) is 1. The standard InChI is InChI=1S/C15H33NO/c1-7-9-10-15(8-2,11-12-17-6)13-16-14(3,4)5/h16H,7-13H2,1-6H3. The van der Waals surface area contributed by atoms with E-state index in [0.717, 1.165) is 13.2 Å². The summed E-state index contributed by atoms with van der Waals surface area (Å²) in [6, 6.07) is 0. The zero-order chi connectivity index (χ0) is 13.4. The van der Waals surface area contributed by atoms with Crippen LogP contribution in [-0.2, 0) is 4.74 Å². The molecule has 0 aliphatic heterocycles. The fourth-order valence-electron chi connectivity index (χ4n) is 2.10. The molecule has 0 aliphatic rings. The van der Waals surface area contributed by atoms with Gasteiger partial charge in [-0.05, 0) is 45.4 Å². The zero-order valence-corrected chi connectivity index (χ0v) is 12.9. The number of nitrogens with one attached hydrogen (secondary N) is 1. The molecule has 0 aromatic carbocycles. The highest BCUT2D eigenvalue weighted by Gasteiger charge is 2.28. The quantitative estimate of drug-likeness (QED) is 0.661. The Morgan fingerprint density at radius 1 is 1.06 bits per heavy atom. The summed E-state index contributed by atoms with van der Waals surface area (Å²) in [6.45, 7) is 13.3.